The molecule has 1 aromatic carbocycles. The summed E-state index contributed by atoms with van der Waals surface area (Å²) >= 11 is 0. The minimum absolute atomic E-state index is 0.195. The van der Waals surface area contributed by atoms with Gasteiger partial charge in [0.2, 0.25) is 0 Å². The van der Waals surface area contributed by atoms with Crippen LogP contribution in [0.25, 0.3) is 0 Å². The summed E-state index contributed by atoms with van der Waals surface area (Å²) < 4.78 is 5.19. The molecular formula is C17H23NO3. The molecule has 0 saturated carbocycles. The number of anilines is 1. The van der Waals surface area contributed by atoms with E-state index in [2.05, 4.69) is 4.90 Å². The van der Waals surface area contributed by atoms with Crippen molar-refractivity contribution in [2.45, 2.75) is 51.6 Å². The predicted octanol–water partition coefficient (Wildman–Crippen LogP) is 2.99. The van der Waals surface area contributed by atoms with Gasteiger partial charge in [0.1, 0.15) is 17.3 Å². The van der Waals surface area contributed by atoms with Crippen molar-refractivity contribution in [3.05, 3.63) is 24.3 Å². The number of carbonyl (C=O) groups is 2. The molecule has 0 aromatic heterocycles. The summed E-state index contributed by atoms with van der Waals surface area (Å²) in [5.41, 5.74) is 1.06. The molecule has 0 radical (unpaired) electrons. The largest absolute Gasteiger partial charge is 0.497 e. The van der Waals surface area contributed by atoms with Gasteiger partial charge in [-0.05, 0) is 51.0 Å². The maximum absolute atomic E-state index is 11.5. The second-order valence-corrected chi connectivity index (χ2v) is 5.80. The fourth-order valence-corrected chi connectivity index (χ4v) is 3.20. The number of ketones is 2. The highest BCUT2D eigenvalue weighted by atomic mass is 16.5. The molecule has 1 heterocycles. The van der Waals surface area contributed by atoms with Crippen molar-refractivity contribution in [3.8, 4) is 5.75 Å². The number of benzene rings is 1. The van der Waals surface area contributed by atoms with Gasteiger partial charge in [0, 0.05) is 30.6 Å². The monoisotopic (exact) mass is 289 g/mol. The zero-order valence-corrected chi connectivity index (χ0v) is 13.0. The van der Waals surface area contributed by atoms with Crippen molar-refractivity contribution in [3.63, 3.8) is 0 Å². The van der Waals surface area contributed by atoms with Gasteiger partial charge in [-0.2, -0.15) is 0 Å². The molecule has 1 aliphatic rings. The van der Waals surface area contributed by atoms with Crippen LogP contribution in [0.4, 0.5) is 5.69 Å². The fraction of sp³-hybridized carbons (Fsp3) is 0.529. The Morgan fingerprint density at radius 2 is 1.52 bits per heavy atom. The van der Waals surface area contributed by atoms with Crippen molar-refractivity contribution in [1.82, 2.24) is 0 Å². The zero-order valence-electron chi connectivity index (χ0n) is 13.0. The highest BCUT2D eigenvalue weighted by molar-refractivity contribution is 5.78. The lowest BCUT2D eigenvalue weighted by Crippen LogP contribution is -2.38. The summed E-state index contributed by atoms with van der Waals surface area (Å²) in [6.07, 6.45) is 3.01. The number of nitrogens with zero attached hydrogens (tertiary/aromatic N) is 1. The minimum Gasteiger partial charge on any atom is -0.497 e. The van der Waals surface area contributed by atoms with Crippen molar-refractivity contribution in [2.24, 2.45) is 0 Å². The quantitative estimate of drug-likeness (QED) is 0.807. The molecule has 0 N–H and O–H groups in total. The van der Waals surface area contributed by atoms with Gasteiger partial charge in [0.05, 0.1) is 7.11 Å². The minimum atomic E-state index is 0.195. The molecule has 0 amide bonds. The molecule has 1 saturated heterocycles. The summed E-state index contributed by atoms with van der Waals surface area (Å²) in [4.78, 5) is 25.2. The number of methoxy groups -OCH3 is 1. The summed E-state index contributed by atoms with van der Waals surface area (Å²) in [6.45, 7) is 3.26. The van der Waals surface area contributed by atoms with Crippen molar-refractivity contribution in [2.75, 3.05) is 12.0 Å². The average molecular weight is 289 g/mol. The van der Waals surface area contributed by atoms with Gasteiger partial charge in [0.15, 0.2) is 0 Å². The third-order valence-corrected chi connectivity index (χ3v) is 4.04. The Bertz CT molecular complexity index is 485. The van der Waals surface area contributed by atoms with Crippen LogP contribution in [0.3, 0.4) is 0 Å². The van der Waals surface area contributed by atoms with Crippen LogP contribution in [0.5, 0.6) is 5.75 Å². The van der Waals surface area contributed by atoms with Gasteiger partial charge >= 0.3 is 0 Å². The Morgan fingerprint density at radius 1 is 1.05 bits per heavy atom. The lowest BCUT2D eigenvalue weighted by Gasteiger charge is -2.32. The Hall–Kier alpha value is -1.84. The number of rotatable bonds is 6. The molecule has 2 atom stereocenters. The highest BCUT2D eigenvalue weighted by Crippen LogP contribution is 2.34. The van der Waals surface area contributed by atoms with Crippen LogP contribution in [0.2, 0.25) is 0 Å². The lowest BCUT2D eigenvalue weighted by atomic mass is 10.1. The average Bonchev–Trinajstić information content (AvgIpc) is 2.80. The van der Waals surface area contributed by atoms with Crippen LogP contribution in [0, 0.1) is 0 Å². The van der Waals surface area contributed by atoms with E-state index in [0.29, 0.717) is 12.8 Å². The Kier molecular flexibility index (Phi) is 4.99. The molecule has 1 fully saturated rings. The molecule has 1 aliphatic heterocycles. The molecule has 21 heavy (non-hydrogen) atoms. The first-order valence-electron chi connectivity index (χ1n) is 7.42. The first-order chi connectivity index (χ1) is 10.0. The van der Waals surface area contributed by atoms with E-state index < -0.39 is 0 Å². The molecule has 114 valence electrons. The third-order valence-electron chi connectivity index (χ3n) is 4.04. The molecule has 4 nitrogen and oxygen atoms in total. The zero-order chi connectivity index (χ0) is 15.4. The third kappa shape index (κ3) is 3.84. The molecular weight excluding hydrogens is 266 g/mol. The van der Waals surface area contributed by atoms with Gasteiger partial charge in [-0.3, -0.25) is 9.59 Å². The summed E-state index contributed by atoms with van der Waals surface area (Å²) in [7, 11) is 1.64. The van der Waals surface area contributed by atoms with Crippen LogP contribution in [-0.4, -0.2) is 30.8 Å². The predicted molar refractivity (Wildman–Crippen MR) is 82.9 cm³/mol. The van der Waals surface area contributed by atoms with E-state index in [0.717, 1.165) is 24.3 Å². The number of hydrogen-bond donors (Lipinski definition) is 0. The van der Waals surface area contributed by atoms with Crippen LogP contribution in [-0.2, 0) is 9.59 Å². The summed E-state index contributed by atoms with van der Waals surface area (Å²) in [5, 5.41) is 0. The number of Topliss-reactive ketones (excluding diaryl/α,β-unsaturated/α-hetero) is 2. The van der Waals surface area contributed by atoms with E-state index in [4.69, 9.17) is 4.74 Å². The smallest absolute Gasteiger partial charge is 0.131 e. The summed E-state index contributed by atoms with van der Waals surface area (Å²) in [6, 6.07) is 8.24. The second-order valence-electron chi connectivity index (χ2n) is 5.80. The van der Waals surface area contributed by atoms with Crippen molar-refractivity contribution < 1.29 is 14.3 Å². The topological polar surface area (TPSA) is 46.6 Å². The van der Waals surface area contributed by atoms with Crippen LogP contribution in [0.1, 0.15) is 39.5 Å². The Morgan fingerprint density at radius 3 is 1.90 bits per heavy atom. The van der Waals surface area contributed by atoms with Crippen molar-refractivity contribution >= 4 is 17.3 Å². The van der Waals surface area contributed by atoms with E-state index in [1.807, 2.05) is 24.3 Å². The van der Waals surface area contributed by atoms with Crippen LogP contribution in [0.15, 0.2) is 24.3 Å². The maximum Gasteiger partial charge on any atom is 0.131 e. The second kappa shape index (κ2) is 6.74. The fourth-order valence-electron chi connectivity index (χ4n) is 3.20. The van der Waals surface area contributed by atoms with Crippen LogP contribution < -0.4 is 9.64 Å². The van der Waals surface area contributed by atoms with E-state index in [-0.39, 0.29) is 23.7 Å². The molecule has 0 bridgehead atoms. The van der Waals surface area contributed by atoms with Gasteiger partial charge in [-0.15, -0.1) is 0 Å². The molecule has 0 spiro atoms. The first kappa shape index (κ1) is 15.5. The molecule has 1 aromatic rings. The standard InChI is InChI=1S/C17H23NO3/c1-12(19)10-15-4-5-16(11-13(2)20)18(15)14-6-8-17(21-3)9-7-14/h6-9,15-16H,4-5,10-11H2,1-3H3/t15-,16+. The SMILES string of the molecule is COc1ccc(N2[C@@H](CC(C)=O)CC[C@H]2CC(C)=O)cc1. The molecule has 0 unspecified atom stereocenters. The van der Waals surface area contributed by atoms with Crippen molar-refractivity contribution in [1.29, 1.82) is 0 Å². The van der Waals surface area contributed by atoms with Gasteiger partial charge in [-0.1, -0.05) is 0 Å². The van der Waals surface area contributed by atoms with E-state index in [1.165, 1.54) is 0 Å². The molecule has 4 heteroatoms. The Balaban J connectivity index is 2.24. The van der Waals surface area contributed by atoms with Gasteiger partial charge in [0.25, 0.3) is 0 Å². The molecule has 2 rings (SSSR count). The number of ether oxygens (including phenoxy) is 1. The Labute approximate surface area is 126 Å². The van der Waals surface area contributed by atoms with Crippen LogP contribution >= 0.6 is 0 Å². The van der Waals surface area contributed by atoms with E-state index >= 15 is 0 Å². The highest BCUT2D eigenvalue weighted by Gasteiger charge is 2.34. The maximum atomic E-state index is 11.5. The van der Waals surface area contributed by atoms with Gasteiger partial charge < -0.3 is 9.64 Å². The normalized spacial score (nSPS) is 21.4. The summed E-state index contributed by atoms with van der Waals surface area (Å²) in [5.74, 6) is 1.20. The van der Waals surface area contributed by atoms with Gasteiger partial charge in [-0.25, -0.2) is 0 Å². The van der Waals surface area contributed by atoms with E-state index in [1.54, 1.807) is 21.0 Å². The number of hydrogen-bond acceptors (Lipinski definition) is 4. The number of carbonyl (C=O) groups excluding carboxylic acids is 2. The molecule has 0 aliphatic carbocycles. The lowest BCUT2D eigenvalue weighted by molar-refractivity contribution is -0.117. The first-order valence-corrected chi connectivity index (χ1v) is 7.42. The van der Waals surface area contributed by atoms with E-state index in [9.17, 15) is 9.59 Å².